The summed E-state index contributed by atoms with van der Waals surface area (Å²) in [7, 11) is 0. The molecule has 3 aromatic rings. The van der Waals surface area contributed by atoms with Gasteiger partial charge < -0.3 is 9.88 Å². The summed E-state index contributed by atoms with van der Waals surface area (Å²) in [5, 5.41) is 13.7. The van der Waals surface area contributed by atoms with Gasteiger partial charge in [-0.1, -0.05) is 59.8 Å². The van der Waals surface area contributed by atoms with Crippen molar-refractivity contribution in [3.05, 3.63) is 76.1 Å². The number of fused-ring (bicyclic) bond motifs is 3. The van der Waals surface area contributed by atoms with Crippen LogP contribution in [0, 0.1) is 0 Å². The molecule has 0 aliphatic carbocycles. The molecule has 0 saturated heterocycles. The Kier molecular flexibility index (Phi) is 7.65. The van der Waals surface area contributed by atoms with Gasteiger partial charge in [-0.15, -0.1) is 10.2 Å². The number of aryl methyl sites for hydroxylation is 2. The molecule has 0 fully saturated rings. The van der Waals surface area contributed by atoms with Gasteiger partial charge in [0.25, 0.3) is 0 Å². The molecule has 5 nitrogen and oxygen atoms in total. The Morgan fingerprint density at radius 3 is 2.65 bits per heavy atom. The third-order valence-electron chi connectivity index (χ3n) is 5.46. The van der Waals surface area contributed by atoms with Crippen LogP contribution in [-0.4, -0.2) is 27.2 Å². The van der Waals surface area contributed by atoms with Crippen LogP contribution in [0.15, 0.2) is 53.7 Å². The topological polar surface area (TPSA) is 59.8 Å². The van der Waals surface area contributed by atoms with E-state index in [-0.39, 0.29) is 5.91 Å². The number of hydrogen-bond donors (Lipinski definition) is 1. The lowest BCUT2D eigenvalue weighted by Crippen LogP contribution is -2.25. The van der Waals surface area contributed by atoms with E-state index < -0.39 is 0 Å². The van der Waals surface area contributed by atoms with Crippen LogP contribution in [0.4, 0.5) is 0 Å². The maximum absolute atomic E-state index is 12.1. The van der Waals surface area contributed by atoms with Gasteiger partial charge in [0.1, 0.15) is 5.82 Å². The molecule has 7 heteroatoms. The van der Waals surface area contributed by atoms with Crippen LogP contribution in [0.1, 0.15) is 41.8 Å². The Balaban J connectivity index is 1.53. The van der Waals surface area contributed by atoms with Crippen molar-refractivity contribution in [2.24, 2.45) is 0 Å². The summed E-state index contributed by atoms with van der Waals surface area (Å²) in [5.41, 5.74) is 3.72. The Morgan fingerprint density at radius 2 is 1.77 bits per heavy atom. The van der Waals surface area contributed by atoms with Crippen molar-refractivity contribution in [3.8, 4) is 0 Å². The number of amides is 1. The van der Waals surface area contributed by atoms with Crippen molar-refractivity contribution in [2.75, 3.05) is 6.54 Å². The van der Waals surface area contributed by atoms with E-state index in [1.807, 2.05) is 18.2 Å². The number of nitrogens with zero attached hydrogens (tertiary/aromatic N) is 3. The first-order valence-corrected chi connectivity index (χ1v) is 12.2. The number of benzene rings is 2. The molecule has 0 radical (unpaired) electrons. The highest BCUT2D eigenvalue weighted by atomic mass is 35.5. The largest absolute Gasteiger partial charge is 0.356 e. The number of rotatable bonds is 3. The number of hydrogen-bond acceptors (Lipinski definition) is 4. The van der Waals surface area contributed by atoms with Crippen LogP contribution < -0.4 is 5.32 Å². The number of carbonyl (C=O) groups excluding carboxylic acids is 1. The van der Waals surface area contributed by atoms with Crippen molar-refractivity contribution in [2.45, 2.75) is 56.0 Å². The fourth-order valence-corrected chi connectivity index (χ4v) is 4.93. The number of aromatic nitrogens is 3. The molecule has 2 bridgehead atoms. The van der Waals surface area contributed by atoms with Gasteiger partial charge in [-0.3, -0.25) is 4.79 Å². The minimum atomic E-state index is 0.130. The van der Waals surface area contributed by atoms with Gasteiger partial charge in [-0.25, -0.2) is 0 Å². The summed E-state index contributed by atoms with van der Waals surface area (Å²) in [5.74, 6) is 1.93. The second kappa shape index (κ2) is 10.8. The van der Waals surface area contributed by atoms with E-state index in [1.54, 1.807) is 11.8 Å². The Bertz CT molecular complexity index is 1040. The van der Waals surface area contributed by atoms with E-state index in [2.05, 4.69) is 50.4 Å². The number of carbonyl (C=O) groups is 1. The highest BCUT2D eigenvalue weighted by Crippen LogP contribution is 2.24. The van der Waals surface area contributed by atoms with Crippen molar-refractivity contribution < 1.29 is 4.79 Å². The SMILES string of the molecule is O=C1CCCCc2nnc(SCc3cccc(Cl)c3)n2CCc2cccc(c2)CCN1. The first-order valence-electron chi connectivity index (χ1n) is 10.8. The summed E-state index contributed by atoms with van der Waals surface area (Å²) in [4.78, 5) is 12.1. The van der Waals surface area contributed by atoms with Crippen molar-refractivity contribution in [1.82, 2.24) is 20.1 Å². The fraction of sp³-hybridized carbons (Fsp3) is 0.375. The van der Waals surface area contributed by atoms with Crippen LogP contribution in [0.3, 0.4) is 0 Å². The standard InChI is InChI=1S/C24H27ClN4OS/c25-21-8-4-7-20(16-21)17-31-24-28-27-22-9-1-2-10-23(30)26-13-11-18-5-3-6-19(15-18)12-14-29(22)24/h3-8,15-16H,1-2,9-14,17H2,(H,26,30). The molecule has 0 atom stereocenters. The molecule has 4 rings (SSSR count). The summed E-state index contributed by atoms with van der Waals surface area (Å²) in [6, 6.07) is 16.6. The van der Waals surface area contributed by atoms with Crippen molar-refractivity contribution >= 4 is 29.3 Å². The lowest BCUT2D eigenvalue weighted by Gasteiger charge is -2.11. The van der Waals surface area contributed by atoms with E-state index in [9.17, 15) is 4.79 Å². The van der Waals surface area contributed by atoms with Gasteiger partial charge in [0.2, 0.25) is 5.91 Å². The summed E-state index contributed by atoms with van der Waals surface area (Å²) < 4.78 is 2.25. The fourth-order valence-electron chi connectivity index (χ4n) is 3.79. The highest BCUT2D eigenvalue weighted by Gasteiger charge is 2.14. The smallest absolute Gasteiger partial charge is 0.220 e. The molecule has 1 amide bonds. The zero-order valence-corrected chi connectivity index (χ0v) is 19.1. The predicted molar refractivity (Wildman–Crippen MR) is 125 cm³/mol. The van der Waals surface area contributed by atoms with E-state index in [1.165, 1.54) is 16.7 Å². The molecule has 31 heavy (non-hydrogen) atoms. The third kappa shape index (κ3) is 6.34. The zero-order valence-electron chi connectivity index (χ0n) is 17.5. The molecular weight excluding hydrogens is 428 g/mol. The molecule has 2 aromatic carbocycles. The molecule has 1 aliphatic rings. The van der Waals surface area contributed by atoms with Gasteiger partial charge in [0.05, 0.1) is 0 Å². The third-order valence-corrected chi connectivity index (χ3v) is 6.73. The molecule has 1 aromatic heterocycles. The second-order valence-electron chi connectivity index (χ2n) is 7.85. The number of halogens is 1. The van der Waals surface area contributed by atoms with E-state index in [0.29, 0.717) is 13.0 Å². The number of nitrogens with one attached hydrogen (secondary N) is 1. The molecule has 162 valence electrons. The van der Waals surface area contributed by atoms with Crippen molar-refractivity contribution in [1.29, 1.82) is 0 Å². The maximum Gasteiger partial charge on any atom is 0.220 e. The lowest BCUT2D eigenvalue weighted by atomic mass is 10.1. The van der Waals surface area contributed by atoms with Crippen LogP contribution in [-0.2, 0) is 36.4 Å². The monoisotopic (exact) mass is 454 g/mol. The molecule has 0 unspecified atom stereocenters. The van der Waals surface area contributed by atoms with Crippen molar-refractivity contribution in [3.63, 3.8) is 0 Å². The van der Waals surface area contributed by atoms with Crippen LogP contribution in [0.25, 0.3) is 0 Å². The Labute approximate surface area is 192 Å². The van der Waals surface area contributed by atoms with Gasteiger partial charge in [-0.05, 0) is 54.5 Å². The minimum Gasteiger partial charge on any atom is -0.356 e. The lowest BCUT2D eigenvalue weighted by molar-refractivity contribution is -0.121. The average molecular weight is 455 g/mol. The van der Waals surface area contributed by atoms with E-state index >= 15 is 0 Å². The zero-order chi connectivity index (χ0) is 21.5. The molecule has 0 saturated carbocycles. The maximum atomic E-state index is 12.1. The first-order chi connectivity index (χ1) is 15.2. The normalized spacial score (nSPS) is 15.5. The minimum absolute atomic E-state index is 0.130. The Hall–Kier alpha value is -2.31. The summed E-state index contributed by atoms with van der Waals surface area (Å²) >= 11 is 7.82. The van der Waals surface area contributed by atoms with Gasteiger partial charge in [0, 0.05) is 36.7 Å². The number of thioether (sulfide) groups is 1. The van der Waals surface area contributed by atoms with E-state index in [0.717, 1.165) is 60.4 Å². The summed E-state index contributed by atoms with van der Waals surface area (Å²) in [6.07, 6.45) is 4.96. The highest BCUT2D eigenvalue weighted by molar-refractivity contribution is 7.98. The average Bonchev–Trinajstić information content (AvgIpc) is 3.15. The Morgan fingerprint density at radius 1 is 0.968 bits per heavy atom. The molecule has 0 spiro atoms. The van der Waals surface area contributed by atoms with Crippen LogP contribution in [0.2, 0.25) is 5.02 Å². The molecule has 1 aliphatic heterocycles. The van der Waals surface area contributed by atoms with Crippen LogP contribution >= 0.6 is 23.4 Å². The second-order valence-corrected chi connectivity index (χ2v) is 9.22. The molecule has 1 N–H and O–H groups in total. The molecule has 2 heterocycles. The summed E-state index contributed by atoms with van der Waals surface area (Å²) in [6.45, 7) is 1.54. The quantitative estimate of drug-likeness (QED) is 0.574. The van der Waals surface area contributed by atoms with Gasteiger partial charge >= 0.3 is 0 Å². The predicted octanol–water partition coefficient (Wildman–Crippen LogP) is 4.85. The first kappa shape index (κ1) is 21.9. The van der Waals surface area contributed by atoms with Crippen LogP contribution in [0.5, 0.6) is 0 Å². The van der Waals surface area contributed by atoms with Gasteiger partial charge in [-0.2, -0.15) is 0 Å². The van der Waals surface area contributed by atoms with Gasteiger partial charge in [0.15, 0.2) is 5.16 Å². The molecular formula is C24H27ClN4OS. The van der Waals surface area contributed by atoms with E-state index in [4.69, 9.17) is 11.6 Å².